The first-order valence-corrected chi connectivity index (χ1v) is 12.7. The zero-order chi connectivity index (χ0) is 29.6. The highest BCUT2D eigenvalue weighted by Crippen LogP contribution is 2.29. The fourth-order valence-electron chi connectivity index (χ4n) is 3.34. The van der Waals surface area contributed by atoms with Gasteiger partial charge in [0.2, 0.25) is 5.95 Å². The summed E-state index contributed by atoms with van der Waals surface area (Å²) in [6, 6.07) is 13.1. The van der Waals surface area contributed by atoms with Gasteiger partial charge < -0.3 is 19.5 Å². The van der Waals surface area contributed by atoms with Gasteiger partial charge in [0.15, 0.2) is 11.6 Å². The molecule has 0 radical (unpaired) electrons. The molecule has 0 saturated carbocycles. The van der Waals surface area contributed by atoms with E-state index in [9.17, 15) is 18.8 Å². The van der Waals surface area contributed by atoms with Crippen molar-refractivity contribution in [2.45, 2.75) is 20.8 Å². The summed E-state index contributed by atoms with van der Waals surface area (Å²) >= 11 is 0. The van der Waals surface area contributed by atoms with Gasteiger partial charge in [-0.1, -0.05) is 12.1 Å². The van der Waals surface area contributed by atoms with E-state index < -0.39 is 23.7 Å². The Morgan fingerprint density at radius 3 is 2.15 bits per heavy atom. The van der Waals surface area contributed by atoms with Gasteiger partial charge in [0.1, 0.15) is 19.0 Å². The summed E-state index contributed by atoms with van der Waals surface area (Å²) in [5.74, 6) is -2.69. The average molecular weight is 565 g/mol. The number of carbonyl (C=O) groups excluding carboxylic acids is 3. The summed E-state index contributed by atoms with van der Waals surface area (Å²) in [6.07, 6.45) is 3.05. The second kappa shape index (κ2) is 15.4. The monoisotopic (exact) mass is 564 g/mol. The predicted octanol–water partition coefficient (Wildman–Crippen LogP) is 4.59. The number of esters is 3. The molecule has 0 aliphatic heterocycles. The van der Waals surface area contributed by atoms with Gasteiger partial charge in [-0.05, 0) is 57.2 Å². The predicted molar refractivity (Wildman–Crippen MR) is 151 cm³/mol. The van der Waals surface area contributed by atoms with Crippen LogP contribution in [0.5, 0.6) is 0 Å². The van der Waals surface area contributed by atoms with E-state index in [1.807, 2.05) is 0 Å². The molecule has 0 aliphatic rings. The van der Waals surface area contributed by atoms with Crippen molar-refractivity contribution >= 4 is 64.9 Å². The third-order valence-corrected chi connectivity index (χ3v) is 5.03. The summed E-state index contributed by atoms with van der Waals surface area (Å²) < 4.78 is 29.6. The number of halogens is 1. The van der Waals surface area contributed by atoms with Crippen LogP contribution in [0.4, 0.5) is 38.9 Å². The average Bonchev–Trinajstić information content (AvgIpc) is 2.96. The van der Waals surface area contributed by atoms with E-state index in [0.717, 1.165) is 18.6 Å². The number of rotatable bonds is 13. The van der Waals surface area contributed by atoms with Crippen molar-refractivity contribution in [3.8, 4) is 0 Å². The molecule has 0 saturated heterocycles. The SMILES string of the molecule is CCOC(=O)C=Nc1cccc(Nc2nc(N(CC(=O)OCC)c3cccc(N=CC(=O)OCC)c3)ncc2F)c1. The number of aliphatic imine (C=N–C) groups is 2. The summed E-state index contributed by atoms with van der Waals surface area (Å²) in [4.78, 5) is 53.7. The van der Waals surface area contributed by atoms with Crippen LogP contribution in [0.15, 0.2) is 64.7 Å². The van der Waals surface area contributed by atoms with E-state index in [0.29, 0.717) is 22.7 Å². The molecule has 41 heavy (non-hydrogen) atoms. The minimum atomic E-state index is -0.752. The Balaban J connectivity index is 1.92. The quantitative estimate of drug-likeness (QED) is 0.178. The van der Waals surface area contributed by atoms with Crippen molar-refractivity contribution in [3.63, 3.8) is 0 Å². The molecule has 0 aliphatic carbocycles. The molecule has 3 aromatic rings. The van der Waals surface area contributed by atoms with Crippen LogP contribution >= 0.6 is 0 Å². The molecule has 0 fully saturated rings. The van der Waals surface area contributed by atoms with Gasteiger partial charge in [-0.3, -0.25) is 9.69 Å². The normalized spacial score (nSPS) is 10.9. The van der Waals surface area contributed by atoms with Gasteiger partial charge in [0.05, 0.1) is 37.4 Å². The van der Waals surface area contributed by atoms with E-state index in [2.05, 4.69) is 25.3 Å². The standard InChI is InChI=1S/C28H29FN6O6/c1-4-39-24(36)16-30-19-9-7-11-21(13-19)33-27-23(29)15-32-28(34-27)35(18-26(38)41-6-3)22-12-8-10-20(14-22)31-17-25(37)40-5-2/h7-17H,4-6,18H2,1-3H3,(H,32,33,34). The van der Waals surface area contributed by atoms with E-state index >= 15 is 0 Å². The number of hydrogen-bond donors (Lipinski definition) is 1. The first kappa shape index (κ1) is 30.3. The van der Waals surface area contributed by atoms with Crippen molar-refractivity contribution in [2.75, 3.05) is 36.6 Å². The lowest BCUT2D eigenvalue weighted by atomic mass is 10.2. The van der Waals surface area contributed by atoms with Crippen molar-refractivity contribution in [1.29, 1.82) is 0 Å². The van der Waals surface area contributed by atoms with Crippen molar-refractivity contribution in [1.82, 2.24) is 9.97 Å². The summed E-state index contributed by atoms with van der Waals surface area (Å²) in [5.41, 5.74) is 1.68. The zero-order valence-electron chi connectivity index (χ0n) is 22.7. The zero-order valence-corrected chi connectivity index (χ0v) is 22.7. The Morgan fingerprint density at radius 2 is 1.51 bits per heavy atom. The number of carbonyl (C=O) groups is 3. The highest BCUT2D eigenvalue weighted by molar-refractivity contribution is 6.24. The van der Waals surface area contributed by atoms with Crippen LogP contribution in [-0.2, 0) is 28.6 Å². The Bertz CT molecular complexity index is 1430. The van der Waals surface area contributed by atoms with Crippen LogP contribution in [0.1, 0.15) is 20.8 Å². The Labute approximate surface area is 235 Å². The van der Waals surface area contributed by atoms with Gasteiger partial charge >= 0.3 is 17.9 Å². The van der Waals surface area contributed by atoms with Crippen LogP contribution in [0.2, 0.25) is 0 Å². The lowest BCUT2D eigenvalue weighted by Crippen LogP contribution is -2.28. The molecule has 214 valence electrons. The van der Waals surface area contributed by atoms with E-state index in [1.54, 1.807) is 69.3 Å². The third-order valence-electron chi connectivity index (χ3n) is 5.03. The minimum absolute atomic E-state index is 0.00929. The number of nitrogens with zero attached hydrogens (tertiary/aromatic N) is 5. The fraction of sp³-hybridized carbons (Fsp3) is 0.250. The third kappa shape index (κ3) is 9.49. The van der Waals surface area contributed by atoms with Gasteiger partial charge in [-0.15, -0.1) is 0 Å². The molecule has 3 rings (SSSR count). The number of ether oxygens (including phenoxy) is 3. The molecule has 0 bridgehead atoms. The van der Waals surface area contributed by atoms with Gasteiger partial charge in [0, 0.05) is 11.4 Å². The molecule has 2 aromatic carbocycles. The van der Waals surface area contributed by atoms with Gasteiger partial charge in [-0.25, -0.2) is 28.9 Å². The molecular weight excluding hydrogens is 535 g/mol. The number of hydrogen-bond acceptors (Lipinski definition) is 12. The Kier molecular flexibility index (Phi) is 11.4. The molecule has 1 heterocycles. The van der Waals surface area contributed by atoms with E-state index in [1.165, 1.54) is 4.90 Å². The van der Waals surface area contributed by atoms with Crippen molar-refractivity contribution in [3.05, 3.63) is 60.5 Å². The van der Waals surface area contributed by atoms with Crippen molar-refractivity contribution in [2.24, 2.45) is 9.98 Å². The highest BCUT2D eigenvalue weighted by atomic mass is 19.1. The summed E-state index contributed by atoms with van der Waals surface area (Å²) in [5, 5.41) is 2.87. The fourth-order valence-corrected chi connectivity index (χ4v) is 3.34. The number of aromatic nitrogens is 2. The summed E-state index contributed by atoms with van der Waals surface area (Å²) in [7, 11) is 0. The molecule has 0 spiro atoms. The lowest BCUT2D eigenvalue weighted by Gasteiger charge is -2.22. The minimum Gasteiger partial charge on any atom is -0.465 e. The molecule has 1 aromatic heterocycles. The maximum Gasteiger partial charge on any atom is 0.349 e. The topological polar surface area (TPSA) is 145 Å². The Hall–Kier alpha value is -5.20. The van der Waals surface area contributed by atoms with E-state index in [-0.39, 0.29) is 38.1 Å². The van der Waals surface area contributed by atoms with Crippen LogP contribution in [0.3, 0.4) is 0 Å². The maximum absolute atomic E-state index is 14.8. The molecular formula is C28H29FN6O6. The molecule has 1 N–H and O–H groups in total. The summed E-state index contributed by atoms with van der Waals surface area (Å²) in [6.45, 7) is 5.34. The van der Waals surface area contributed by atoms with E-state index in [4.69, 9.17) is 14.2 Å². The molecule has 13 heteroatoms. The van der Waals surface area contributed by atoms with Crippen LogP contribution in [0.25, 0.3) is 0 Å². The lowest BCUT2D eigenvalue weighted by molar-refractivity contribution is -0.141. The molecule has 12 nitrogen and oxygen atoms in total. The second-order valence-electron chi connectivity index (χ2n) is 7.97. The van der Waals surface area contributed by atoms with Gasteiger partial charge in [-0.2, -0.15) is 4.98 Å². The molecule has 0 unspecified atom stereocenters. The highest BCUT2D eigenvalue weighted by Gasteiger charge is 2.20. The molecule has 0 amide bonds. The maximum atomic E-state index is 14.8. The van der Waals surface area contributed by atoms with Crippen LogP contribution in [0, 0.1) is 5.82 Å². The second-order valence-corrected chi connectivity index (χ2v) is 7.97. The number of benzene rings is 2. The Morgan fingerprint density at radius 1 is 0.902 bits per heavy atom. The number of nitrogens with one attached hydrogen (secondary N) is 1. The van der Waals surface area contributed by atoms with Crippen LogP contribution < -0.4 is 10.2 Å². The smallest absolute Gasteiger partial charge is 0.349 e. The molecule has 0 atom stereocenters. The first-order valence-electron chi connectivity index (χ1n) is 12.7. The first-order chi connectivity index (χ1) is 19.8. The van der Waals surface area contributed by atoms with Gasteiger partial charge in [0.25, 0.3) is 0 Å². The van der Waals surface area contributed by atoms with Crippen LogP contribution in [-0.4, -0.2) is 66.7 Å². The number of anilines is 4. The largest absolute Gasteiger partial charge is 0.465 e. The van der Waals surface area contributed by atoms with Crippen molar-refractivity contribution < 1.29 is 33.0 Å².